The summed E-state index contributed by atoms with van der Waals surface area (Å²) in [6.45, 7) is 6.84. The smallest absolute Gasteiger partial charge is 0.307 e. The van der Waals surface area contributed by atoms with Gasteiger partial charge in [0.15, 0.2) is 0 Å². The average molecular weight is 266 g/mol. The second kappa shape index (κ2) is 7.09. The number of nitrogens with one attached hydrogen (secondary N) is 1. The van der Waals surface area contributed by atoms with Gasteiger partial charge in [-0.25, -0.2) is 4.98 Å². The van der Waals surface area contributed by atoms with E-state index in [0.717, 1.165) is 5.56 Å². The zero-order valence-electron chi connectivity index (χ0n) is 12.0. The molecule has 5 nitrogen and oxygen atoms in total. The molecule has 1 N–H and O–H groups in total. The number of hydrogen-bond donors (Lipinski definition) is 1. The molecule has 1 heterocycles. The van der Waals surface area contributed by atoms with Gasteiger partial charge >= 0.3 is 5.97 Å². The fourth-order valence-electron chi connectivity index (χ4n) is 1.49. The lowest BCUT2D eigenvalue weighted by atomic mass is 10.2. The van der Waals surface area contributed by atoms with E-state index in [0.29, 0.717) is 25.4 Å². The van der Waals surface area contributed by atoms with Crippen molar-refractivity contribution in [3.8, 4) is 5.88 Å². The average Bonchev–Trinajstić information content (AvgIpc) is 2.33. The van der Waals surface area contributed by atoms with Gasteiger partial charge in [-0.2, -0.15) is 0 Å². The van der Waals surface area contributed by atoms with Crippen molar-refractivity contribution in [3.63, 3.8) is 0 Å². The van der Waals surface area contributed by atoms with Crippen LogP contribution in [-0.4, -0.2) is 30.2 Å². The number of hydrogen-bond acceptors (Lipinski definition) is 5. The predicted molar refractivity (Wildman–Crippen MR) is 73.0 cm³/mol. The van der Waals surface area contributed by atoms with E-state index in [-0.39, 0.29) is 5.97 Å². The van der Waals surface area contributed by atoms with E-state index in [2.05, 4.69) is 10.3 Å². The monoisotopic (exact) mass is 266 g/mol. The van der Waals surface area contributed by atoms with Crippen molar-refractivity contribution < 1.29 is 14.3 Å². The first-order valence-corrected chi connectivity index (χ1v) is 6.32. The predicted octanol–water partition coefficient (Wildman–Crippen LogP) is 1.91. The van der Waals surface area contributed by atoms with Gasteiger partial charge < -0.3 is 14.8 Å². The van der Waals surface area contributed by atoms with Crippen LogP contribution < -0.4 is 10.1 Å². The van der Waals surface area contributed by atoms with Crippen LogP contribution in [0.1, 0.15) is 32.8 Å². The standard InChI is InChI=1S/C14H22N2O3/c1-14(2,3)19-13(17)6-7-15-10-11-5-8-16-12(9-11)18-4/h5,8-9,15H,6-7,10H2,1-4H3. The van der Waals surface area contributed by atoms with Gasteiger partial charge in [-0.1, -0.05) is 0 Å². The summed E-state index contributed by atoms with van der Waals surface area (Å²) in [6.07, 6.45) is 2.06. The van der Waals surface area contributed by atoms with Crippen LogP contribution in [-0.2, 0) is 16.1 Å². The molecule has 0 saturated heterocycles. The lowest BCUT2D eigenvalue weighted by Gasteiger charge is -2.19. The summed E-state index contributed by atoms with van der Waals surface area (Å²) >= 11 is 0. The third kappa shape index (κ3) is 6.76. The number of methoxy groups -OCH3 is 1. The maximum absolute atomic E-state index is 11.5. The minimum Gasteiger partial charge on any atom is -0.481 e. The lowest BCUT2D eigenvalue weighted by Crippen LogP contribution is -2.26. The number of rotatable bonds is 6. The number of pyridine rings is 1. The van der Waals surface area contributed by atoms with Gasteiger partial charge in [0.25, 0.3) is 0 Å². The molecule has 0 aliphatic heterocycles. The zero-order chi connectivity index (χ0) is 14.3. The Labute approximate surface area is 114 Å². The number of esters is 1. The maximum Gasteiger partial charge on any atom is 0.307 e. The van der Waals surface area contributed by atoms with E-state index >= 15 is 0 Å². The van der Waals surface area contributed by atoms with Crippen LogP contribution in [0.2, 0.25) is 0 Å². The van der Waals surface area contributed by atoms with E-state index < -0.39 is 5.60 Å². The molecule has 19 heavy (non-hydrogen) atoms. The molecule has 1 aromatic rings. The molecule has 0 amide bonds. The molecule has 106 valence electrons. The number of carbonyl (C=O) groups is 1. The SMILES string of the molecule is COc1cc(CNCCC(=O)OC(C)(C)C)ccn1. The third-order valence-corrected chi connectivity index (χ3v) is 2.26. The molecule has 0 aliphatic rings. The minimum atomic E-state index is -0.421. The molecular formula is C14H22N2O3. The number of ether oxygens (including phenoxy) is 2. The van der Waals surface area contributed by atoms with E-state index in [1.54, 1.807) is 13.3 Å². The second-order valence-electron chi connectivity index (χ2n) is 5.22. The van der Waals surface area contributed by atoms with Crippen LogP contribution in [0.3, 0.4) is 0 Å². The van der Waals surface area contributed by atoms with E-state index in [9.17, 15) is 4.79 Å². The van der Waals surface area contributed by atoms with Gasteiger partial charge in [-0.3, -0.25) is 4.79 Å². The lowest BCUT2D eigenvalue weighted by molar-refractivity contribution is -0.154. The molecule has 0 aliphatic carbocycles. The van der Waals surface area contributed by atoms with Crippen molar-refractivity contribution in [3.05, 3.63) is 23.9 Å². The summed E-state index contributed by atoms with van der Waals surface area (Å²) in [5.74, 6) is 0.402. The first kappa shape index (κ1) is 15.4. The van der Waals surface area contributed by atoms with Crippen molar-refractivity contribution in [1.82, 2.24) is 10.3 Å². The Morgan fingerprint density at radius 2 is 2.16 bits per heavy atom. The number of nitrogens with zero attached hydrogens (tertiary/aromatic N) is 1. The second-order valence-corrected chi connectivity index (χ2v) is 5.22. The zero-order valence-corrected chi connectivity index (χ0v) is 12.0. The summed E-state index contributed by atoms with van der Waals surface area (Å²) in [5.41, 5.74) is 0.645. The van der Waals surface area contributed by atoms with Crippen LogP contribution >= 0.6 is 0 Å². The van der Waals surface area contributed by atoms with Gasteiger partial charge in [-0.15, -0.1) is 0 Å². The molecule has 0 aromatic carbocycles. The summed E-state index contributed by atoms with van der Waals surface area (Å²) in [6, 6.07) is 3.77. The van der Waals surface area contributed by atoms with Crippen LogP contribution in [0, 0.1) is 0 Å². The van der Waals surface area contributed by atoms with Crippen LogP contribution in [0.25, 0.3) is 0 Å². The van der Waals surface area contributed by atoms with E-state index in [1.807, 2.05) is 32.9 Å². The summed E-state index contributed by atoms with van der Waals surface area (Å²) in [4.78, 5) is 15.5. The summed E-state index contributed by atoms with van der Waals surface area (Å²) in [5, 5.41) is 3.19. The largest absolute Gasteiger partial charge is 0.481 e. The molecule has 1 aromatic heterocycles. The highest BCUT2D eigenvalue weighted by atomic mass is 16.6. The van der Waals surface area contributed by atoms with Crippen molar-refractivity contribution in [2.75, 3.05) is 13.7 Å². The Hall–Kier alpha value is -1.62. The molecule has 1 rings (SSSR count). The van der Waals surface area contributed by atoms with Crippen molar-refractivity contribution in [2.24, 2.45) is 0 Å². The molecular weight excluding hydrogens is 244 g/mol. The van der Waals surface area contributed by atoms with Crippen molar-refractivity contribution in [2.45, 2.75) is 39.3 Å². The van der Waals surface area contributed by atoms with Crippen LogP contribution in [0.15, 0.2) is 18.3 Å². The Morgan fingerprint density at radius 3 is 2.79 bits per heavy atom. The van der Waals surface area contributed by atoms with Gasteiger partial charge in [0.1, 0.15) is 5.60 Å². The van der Waals surface area contributed by atoms with Gasteiger partial charge in [0, 0.05) is 25.4 Å². The minimum absolute atomic E-state index is 0.188. The summed E-state index contributed by atoms with van der Waals surface area (Å²) < 4.78 is 10.3. The molecule has 0 saturated carbocycles. The normalized spacial score (nSPS) is 11.2. The summed E-state index contributed by atoms with van der Waals surface area (Å²) in [7, 11) is 1.59. The first-order chi connectivity index (χ1) is 8.90. The van der Waals surface area contributed by atoms with Crippen LogP contribution in [0.5, 0.6) is 5.88 Å². The molecule has 0 spiro atoms. The topological polar surface area (TPSA) is 60.5 Å². The van der Waals surface area contributed by atoms with Crippen LogP contribution in [0.4, 0.5) is 0 Å². The third-order valence-electron chi connectivity index (χ3n) is 2.26. The first-order valence-electron chi connectivity index (χ1n) is 6.32. The molecule has 0 atom stereocenters. The fourth-order valence-corrected chi connectivity index (χ4v) is 1.49. The highest BCUT2D eigenvalue weighted by Gasteiger charge is 2.15. The molecule has 0 radical (unpaired) electrons. The Morgan fingerprint density at radius 1 is 1.42 bits per heavy atom. The van der Waals surface area contributed by atoms with E-state index in [1.165, 1.54) is 0 Å². The Bertz CT molecular complexity index is 413. The molecule has 0 bridgehead atoms. The van der Waals surface area contributed by atoms with E-state index in [4.69, 9.17) is 9.47 Å². The highest BCUT2D eigenvalue weighted by molar-refractivity contribution is 5.70. The molecule has 5 heteroatoms. The maximum atomic E-state index is 11.5. The van der Waals surface area contributed by atoms with Gasteiger partial charge in [0.05, 0.1) is 13.5 Å². The molecule has 0 fully saturated rings. The highest BCUT2D eigenvalue weighted by Crippen LogP contribution is 2.09. The molecule has 0 unspecified atom stereocenters. The van der Waals surface area contributed by atoms with Gasteiger partial charge in [0.2, 0.25) is 5.88 Å². The van der Waals surface area contributed by atoms with Crippen molar-refractivity contribution >= 4 is 5.97 Å². The Kier molecular flexibility index (Phi) is 5.76. The van der Waals surface area contributed by atoms with Crippen molar-refractivity contribution in [1.29, 1.82) is 0 Å². The Balaban J connectivity index is 2.25. The quantitative estimate of drug-likeness (QED) is 0.629. The number of carbonyl (C=O) groups excluding carboxylic acids is 1. The van der Waals surface area contributed by atoms with Gasteiger partial charge in [-0.05, 0) is 32.4 Å². The number of aromatic nitrogens is 1. The fraction of sp³-hybridized carbons (Fsp3) is 0.571.